The molecule has 4 N–H and O–H groups in total. The number of hydrogen-bond donors (Lipinski definition) is 3. The lowest BCUT2D eigenvalue weighted by Crippen LogP contribution is -2.60. The standard InChI is InChI=1S/C26H38Br2N4O6/c1-25(2,3)38-24(37)31-18(14-7-5-4-6-8-14)23(36)32-12-15-17(26(15,27)28)19(32)22(35)30-16(11-13-9-10-13)20(33)21(29)34/h13-19H,4-12H2,1-3H3,(H2,29,34)(H,30,35)(H,31,37)/t15?,16-,17?,18?,19?/m0/s1. The second-order valence-corrected chi connectivity index (χ2v) is 15.9. The third kappa shape index (κ3) is 6.54. The van der Waals surface area contributed by atoms with Crippen molar-refractivity contribution in [3.63, 3.8) is 0 Å². The van der Waals surface area contributed by atoms with Crippen molar-refractivity contribution in [3.8, 4) is 0 Å². The van der Waals surface area contributed by atoms with Gasteiger partial charge in [-0.25, -0.2) is 4.79 Å². The van der Waals surface area contributed by atoms with Crippen LogP contribution in [0.2, 0.25) is 0 Å². The first-order valence-corrected chi connectivity index (χ1v) is 15.1. The highest BCUT2D eigenvalue weighted by Gasteiger charge is 2.73. The summed E-state index contributed by atoms with van der Waals surface area (Å²) in [5, 5.41) is 5.56. The molecule has 3 aliphatic carbocycles. The zero-order valence-electron chi connectivity index (χ0n) is 22.1. The summed E-state index contributed by atoms with van der Waals surface area (Å²) in [6.07, 6.45) is 6.13. The van der Waals surface area contributed by atoms with Crippen LogP contribution in [-0.4, -0.2) is 68.0 Å². The van der Waals surface area contributed by atoms with Crippen LogP contribution < -0.4 is 16.4 Å². The van der Waals surface area contributed by atoms with Crippen LogP contribution in [0, 0.1) is 23.7 Å². The van der Waals surface area contributed by atoms with Gasteiger partial charge in [-0.05, 0) is 51.9 Å². The van der Waals surface area contributed by atoms with Gasteiger partial charge >= 0.3 is 6.09 Å². The Morgan fingerprint density at radius 2 is 1.66 bits per heavy atom. The largest absolute Gasteiger partial charge is 0.444 e. The van der Waals surface area contributed by atoms with E-state index < -0.39 is 50.7 Å². The van der Waals surface area contributed by atoms with Gasteiger partial charge in [0, 0.05) is 18.4 Å². The Bertz CT molecular complexity index is 989. The second kappa shape index (κ2) is 11.1. The number of nitrogens with two attached hydrogens (primary N) is 1. The number of primary amides is 1. The summed E-state index contributed by atoms with van der Waals surface area (Å²) in [7, 11) is 0. The minimum atomic E-state index is -1.09. The number of piperidine rings is 1. The maximum atomic E-state index is 14.1. The number of carbonyl (C=O) groups is 5. The van der Waals surface area contributed by atoms with E-state index in [2.05, 4.69) is 42.5 Å². The number of rotatable bonds is 9. The van der Waals surface area contributed by atoms with Gasteiger partial charge in [0.05, 0.1) is 9.28 Å². The number of hydrogen-bond acceptors (Lipinski definition) is 6. The van der Waals surface area contributed by atoms with E-state index in [1.165, 1.54) is 4.90 Å². The molecule has 4 rings (SSSR count). The number of ether oxygens (including phenoxy) is 1. The zero-order chi connectivity index (χ0) is 28.0. The number of amides is 4. The van der Waals surface area contributed by atoms with E-state index in [-0.39, 0.29) is 29.6 Å². The van der Waals surface area contributed by atoms with Gasteiger partial charge in [-0.2, -0.15) is 0 Å². The Labute approximate surface area is 240 Å². The SMILES string of the molecule is CC(C)(C)OC(=O)NC(C(=O)N1CC2C(C1C(=O)N[C@@H](CC1CC1)C(=O)C(N)=O)C2(Br)Br)C1CCCCC1. The molecule has 5 atom stereocenters. The van der Waals surface area contributed by atoms with Gasteiger partial charge in [0.2, 0.25) is 17.6 Å². The molecule has 3 saturated carbocycles. The van der Waals surface area contributed by atoms with Crippen molar-refractivity contribution in [2.75, 3.05) is 6.54 Å². The predicted octanol–water partition coefficient (Wildman–Crippen LogP) is 2.74. The molecule has 10 nitrogen and oxygen atoms in total. The molecule has 0 aromatic heterocycles. The van der Waals surface area contributed by atoms with Crippen LogP contribution in [0.3, 0.4) is 0 Å². The van der Waals surface area contributed by atoms with Gasteiger partial charge in [0.15, 0.2) is 0 Å². The quantitative estimate of drug-likeness (QED) is 0.256. The van der Waals surface area contributed by atoms with Crippen LogP contribution in [-0.2, 0) is 23.9 Å². The summed E-state index contributed by atoms with van der Waals surface area (Å²) in [5.41, 5.74) is 4.53. The van der Waals surface area contributed by atoms with Gasteiger partial charge in [0.25, 0.3) is 5.91 Å². The highest BCUT2D eigenvalue weighted by molar-refractivity contribution is 9.25. The lowest BCUT2D eigenvalue weighted by Gasteiger charge is -2.37. The van der Waals surface area contributed by atoms with E-state index in [1.807, 2.05) is 0 Å². The highest BCUT2D eigenvalue weighted by Crippen LogP contribution is 2.67. The molecule has 4 aliphatic rings. The summed E-state index contributed by atoms with van der Waals surface area (Å²) < 4.78 is 4.95. The van der Waals surface area contributed by atoms with E-state index in [4.69, 9.17) is 10.5 Å². The Hall–Kier alpha value is -1.69. The number of carbonyl (C=O) groups excluding carboxylic acids is 5. The number of alkyl carbamates (subject to hydrolysis) is 1. The first kappa shape index (κ1) is 29.3. The summed E-state index contributed by atoms with van der Waals surface area (Å²) >= 11 is 7.28. The Kier molecular flexibility index (Phi) is 8.53. The molecule has 38 heavy (non-hydrogen) atoms. The number of Topliss-reactive ketones (excluding diaryl/α,β-unsaturated/α-hetero) is 1. The molecule has 1 saturated heterocycles. The molecular formula is C26H38Br2N4O6. The zero-order valence-corrected chi connectivity index (χ0v) is 25.3. The molecular weight excluding hydrogens is 624 g/mol. The number of fused-ring (bicyclic) bond motifs is 1. The third-order valence-electron chi connectivity index (χ3n) is 8.09. The summed E-state index contributed by atoms with van der Waals surface area (Å²) in [4.78, 5) is 66.1. The van der Waals surface area contributed by atoms with Gasteiger partial charge in [0.1, 0.15) is 17.7 Å². The summed E-state index contributed by atoms with van der Waals surface area (Å²) in [6.45, 7) is 5.59. The normalized spacial score (nSPS) is 28.0. The van der Waals surface area contributed by atoms with E-state index in [0.717, 1.165) is 44.9 Å². The Morgan fingerprint density at radius 1 is 1.03 bits per heavy atom. The lowest BCUT2D eigenvalue weighted by molar-refractivity contribution is -0.144. The van der Waals surface area contributed by atoms with Crippen LogP contribution in [0.25, 0.3) is 0 Å². The number of alkyl halides is 2. The first-order valence-electron chi connectivity index (χ1n) is 13.5. The summed E-state index contributed by atoms with van der Waals surface area (Å²) in [5.74, 6) is -2.80. The van der Waals surface area contributed by atoms with Crippen LogP contribution in [0.1, 0.15) is 72.1 Å². The van der Waals surface area contributed by atoms with Crippen molar-refractivity contribution in [3.05, 3.63) is 0 Å². The fourth-order valence-corrected chi connectivity index (χ4v) is 7.68. The molecule has 0 radical (unpaired) electrons. The number of nitrogens with zero attached hydrogens (tertiary/aromatic N) is 1. The molecule has 0 spiro atoms. The number of nitrogens with one attached hydrogen (secondary N) is 2. The molecule has 1 heterocycles. The fourth-order valence-electron chi connectivity index (χ4n) is 5.94. The molecule has 0 bridgehead atoms. The van der Waals surface area contributed by atoms with Crippen molar-refractivity contribution in [2.45, 2.75) is 99.1 Å². The van der Waals surface area contributed by atoms with Gasteiger partial charge in [-0.3, -0.25) is 19.2 Å². The van der Waals surface area contributed by atoms with Crippen LogP contribution >= 0.6 is 31.9 Å². The average Bonchev–Trinajstić information content (AvgIpc) is 3.68. The van der Waals surface area contributed by atoms with Crippen molar-refractivity contribution < 1.29 is 28.7 Å². The Morgan fingerprint density at radius 3 is 2.21 bits per heavy atom. The van der Waals surface area contributed by atoms with E-state index in [1.54, 1.807) is 20.8 Å². The average molecular weight is 662 g/mol. The van der Waals surface area contributed by atoms with Crippen LogP contribution in [0.15, 0.2) is 0 Å². The minimum Gasteiger partial charge on any atom is -0.444 e. The molecule has 0 aromatic rings. The van der Waals surface area contributed by atoms with Gasteiger partial charge in [-0.1, -0.05) is 64.0 Å². The molecule has 4 amide bonds. The first-order chi connectivity index (χ1) is 17.7. The molecule has 212 valence electrons. The van der Waals surface area contributed by atoms with Crippen molar-refractivity contribution in [1.82, 2.24) is 15.5 Å². The van der Waals surface area contributed by atoms with Crippen molar-refractivity contribution in [1.29, 1.82) is 0 Å². The lowest BCUT2D eigenvalue weighted by atomic mass is 9.83. The molecule has 0 aromatic carbocycles. The Balaban J connectivity index is 1.55. The highest BCUT2D eigenvalue weighted by atomic mass is 79.9. The number of halogens is 2. The topological polar surface area (TPSA) is 148 Å². The maximum Gasteiger partial charge on any atom is 0.408 e. The van der Waals surface area contributed by atoms with Gasteiger partial charge < -0.3 is 26.0 Å². The fraction of sp³-hybridized carbons (Fsp3) is 0.808. The van der Waals surface area contributed by atoms with Crippen LogP contribution in [0.4, 0.5) is 4.79 Å². The summed E-state index contributed by atoms with van der Waals surface area (Å²) in [6, 6.07) is -2.72. The number of ketones is 1. The van der Waals surface area contributed by atoms with Crippen molar-refractivity contribution in [2.24, 2.45) is 29.4 Å². The van der Waals surface area contributed by atoms with Crippen LogP contribution in [0.5, 0.6) is 0 Å². The van der Waals surface area contributed by atoms with Gasteiger partial charge in [-0.15, -0.1) is 0 Å². The number of likely N-dealkylation sites (tertiary alicyclic amines) is 1. The molecule has 12 heteroatoms. The smallest absolute Gasteiger partial charge is 0.408 e. The van der Waals surface area contributed by atoms with E-state index in [9.17, 15) is 24.0 Å². The molecule has 4 fully saturated rings. The third-order valence-corrected chi connectivity index (χ3v) is 10.3. The monoisotopic (exact) mass is 660 g/mol. The molecule has 1 aliphatic heterocycles. The minimum absolute atomic E-state index is 0.0237. The van der Waals surface area contributed by atoms with E-state index in [0.29, 0.717) is 13.0 Å². The van der Waals surface area contributed by atoms with Crippen molar-refractivity contribution >= 4 is 61.5 Å². The second-order valence-electron chi connectivity index (χ2n) is 12.2. The predicted molar refractivity (Wildman–Crippen MR) is 146 cm³/mol. The maximum absolute atomic E-state index is 14.1. The molecule has 4 unspecified atom stereocenters. The van der Waals surface area contributed by atoms with E-state index >= 15 is 0 Å².